The first-order chi connectivity index (χ1) is 13.9. The van der Waals surface area contributed by atoms with Crippen LogP contribution >= 0.6 is 11.3 Å². The molecule has 1 aromatic heterocycles. The molecule has 29 heavy (non-hydrogen) atoms. The SMILES string of the molecule is CN(C)CCN(C(=O)c1ccc2c(c1)OCCO2)c1nc2c(F)cc(F)cc2s1. The molecule has 2 heterocycles. The van der Waals surface area contributed by atoms with Gasteiger partial charge in [-0.15, -0.1) is 0 Å². The molecular weight excluding hydrogens is 400 g/mol. The minimum Gasteiger partial charge on any atom is -0.486 e. The van der Waals surface area contributed by atoms with Gasteiger partial charge in [-0.2, -0.15) is 0 Å². The third-order valence-corrected chi connectivity index (χ3v) is 5.46. The molecule has 152 valence electrons. The maximum absolute atomic E-state index is 14.1. The molecule has 6 nitrogen and oxygen atoms in total. The van der Waals surface area contributed by atoms with Crippen LogP contribution in [0.2, 0.25) is 0 Å². The number of fused-ring (bicyclic) bond motifs is 2. The molecule has 0 spiro atoms. The third-order valence-electron chi connectivity index (χ3n) is 4.44. The molecular formula is C20H19F2N3O3S. The van der Waals surface area contributed by atoms with Crippen molar-refractivity contribution in [2.75, 3.05) is 45.3 Å². The number of hydrogen-bond donors (Lipinski definition) is 0. The monoisotopic (exact) mass is 419 g/mol. The highest BCUT2D eigenvalue weighted by Crippen LogP contribution is 2.34. The summed E-state index contributed by atoms with van der Waals surface area (Å²) < 4.78 is 39.1. The number of rotatable bonds is 5. The van der Waals surface area contributed by atoms with Crippen LogP contribution < -0.4 is 14.4 Å². The normalized spacial score (nSPS) is 13.1. The van der Waals surface area contributed by atoms with E-state index in [0.717, 1.165) is 17.4 Å². The number of hydrogen-bond acceptors (Lipinski definition) is 6. The quantitative estimate of drug-likeness (QED) is 0.633. The van der Waals surface area contributed by atoms with Gasteiger partial charge in [0.15, 0.2) is 22.4 Å². The van der Waals surface area contributed by atoms with Gasteiger partial charge in [-0.25, -0.2) is 13.8 Å². The Hall–Kier alpha value is -2.78. The molecule has 1 aliphatic rings. The summed E-state index contributed by atoms with van der Waals surface area (Å²) in [6.07, 6.45) is 0. The molecule has 0 radical (unpaired) electrons. The van der Waals surface area contributed by atoms with Crippen LogP contribution in [-0.4, -0.2) is 56.2 Å². The van der Waals surface area contributed by atoms with Crippen molar-refractivity contribution in [1.82, 2.24) is 9.88 Å². The maximum Gasteiger partial charge on any atom is 0.260 e. The molecule has 9 heteroatoms. The molecule has 1 amide bonds. The number of carbonyl (C=O) groups excluding carboxylic acids is 1. The van der Waals surface area contributed by atoms with Gasteiger partial charge in [0.2, 0.25) is 0 Å². The molecule has 0 aliphatic carbocycles. The van der Waals surface area contributed by atoms with Crippen molar-refractivity contribution < 1.29 is 23.0 Å². The summed E-state index contributed by atoms with van der Waals surface area (Å²) in [7, 11) is 3.78. The van der Waals surface area contributed by atoms with E-state index >= 15 is 0 Å². The van der Waals surface area contributed by atoms with Gasteiger partial charge in [0.05, 0.1) is 4.70 Å². The molecule has 3 aromatic rings. The number of nitrogens with zero attached hydrogens (tertiary/aromatic N) is 3. The van der Waals surface area contributed by atoms with E-state index in [1.165, 1.54) is 11.0 Å². The zero-order chi connectivity index (χ0) is 20.5. The van der Waals surface area contributed by atoms with Crippen molar-refractivity contribution in [3.05, 3.63) is 47.5 Å². The number of ether oxygens (including phenoxy) is 2. The Morgan fingerprint density at radius 2 is 1.86 bits per heavy atom. The average Bonchev–Trinajstić information content (AvgIpc) is 3.11. The standard InChI is InChI=1S/C20H19F2N3O3S/c1-24(2)5-6-25(20-23-18-14(22)10-13(21)11-17(18)29-20)19(26)12-3-4-15-16(9-12)28-8-7-27-15/h3-4,9-11H,5-8H2,1-2H3. The van der Waals surface area contributed by atoms with Gasteiger partial charge in [-0.05, 0) is 38.4 Å². The molecule has 2 aromatic carbocycles. The number of amides is 1. The fourth-order valence-corrected chi connectivity index (χ4v) is 4.01. The summed E-state index contributed by atoms with van der Waals surface area (Å²) in [5.41, 5.74) is 0.454. The third kappa shape index (κ3) is 4.01. The first-order valence-electron chi connectivity index (χ1n) is 9.04. The Morgan fingerprint density at radius 3 is 2.62 bits per heavy atom. The number of halogens is 2. The molecule has 1 aliphatic heterocycles. The van der Waals surface area contributed by atoms with Crippen molar-refractivity contribution in [3.8, 4) is 11.5 Å². The molecule has 4 rings (SSSR count). The lowest BCUT2D eigenvalue weighted by molar-refractivity contribution is 0.0984. The zero-order valence-electron chi connectivity index (χ0n) is 15.9. The Kier molecular flexibility index (Phi) is 5.33. The summed E-state index contributed by atoms with van der Waals surface area (Å²) in [6, 6.07) is 7.00. The Balaban J connectivity index is 1.72. The average molecular weight is 419 g/mol. The van der Waals surface area contributed by atoms with Crippen LogP contribution in [0.25, 0.3) is 10.2 Å². The van der Waals surface area contributed by atoms with Crippen LogP contribution in [0.5, 0.6) is 11.5 Å². The topological polar surface area (TPSA) is 54.9 Å². The van der Waals surface area contributed by atoms with Crippen molar-refractivity contribution in [1.29, 1.82) is 0 Å². The molecule has 0 saturated carbocycles. The highest BCUT2D eigenvalue weighted by atomic mass is 32.1. The van der Waals surface area contributed by atoms with E-state index in [9.17, 15) is 13.6 Å². The molecule has 0 unspecified atom stereocenters. The summed E-state index contributed by atoms with van der Waals surface area (Å²) in [5.74, 6) is -0.633. The number of thiazole rings is 1. The summed E-state index contributed by atoms with van der Waals surface area (Å²) in [4.78, 5) is 21.0. The van der Waals surface area contributed by atoms with Gasteiger partial charge in [0, 0.05) is 24.7 Å². The number of carbonyl (C=O) groups is 1. The van der Waals surface area contributed by atoms with Crippen LogP contribution in [0.15, 0.2) is 30.3 Å². The second kappa shape index (κ2) is 7.92. The number of anilines is 1. The highest BCUT2D eigenvalue weighted by Gasteiger charge is 2.24. The fourth-order valence-electron chi connectivity index (χ4n) is 2.98. The second-order valence-corrected chi connectivity index (χ2v) is 7.86. The minimum atomic E-state index is -0.748. The minimum absolute atomic E-state index is 0.0521. The predicted octanol–water partition coefficient (Wildman–Crippen LogP) is 3.55. The molecule has 0 fully saturated rings. The Morgan fingerprint density at radius 1 is 1.10 bits per heavy atom. The van der Waals surface area contributed by atoms with Gasteiger partial charge in [0.25, 0.3) is 5.91 Å². The van der Waals surface area contributed by atoms with Gasteiger partial charge in [0.1, 0.15) is 24.5 Å². The van der Waals surface area contributed by atoms with Gasteiger partial charge in [-0.1, -0.05) is 11.3 Å². The molecule has 0 N–H and O–H groups in total. The molecule has 0 saturated heterocycles. The smallest absolute Gasteiger partial charge is 0.260 e. The van der Waals surface area contributed by atoms with E-state index in [4.69, 9.17) is 9.47 Å². The van der Waals surface area contributed by atoms with Gasteiger partial charge in [-0.3, -0.25) is 9.69 Å². The summed E-state index contributed by atoms with van der Waals surface area (Å²) >= 11 is 1.08. The lowest BCUT2D eigenvalue weighted by Gasteiger charge is -2.23. The first-order valence-corrected chi connectivity index (χ1v) is 9.86. The van der Waals surface area contributed by atoms with E-state index in [-0.39, 0.29) is 11.4 Å². The summed E-state index contributed by atoms with van der Waals surface area (Å²) in [5, 5.41) is 0.311. The lowest BCUT2D eigenvalue weighted by atomic mass is 10.1. The van der Waals surface area contributed by atoms with Crippen LogP contribution in [0.4, 0.5) is 13.9 Å². The summed E-state index contributed by atoms with van der Waals surface area (Å²) in [6.45, 7) is 1.79. The fraction of sp³-hybridized carbons (Fsp3) is 0.300. The van der Waals surface area contributed by atoms with Crippen LogP contribution in [0, 0.1) is 11.6 Å². The van der Waals surface area contributed by atoms with E-state index in [0.29, 0.717) is 53.2 Å². The van der Waals surface area contributed by atoms with Crippen LogP contribution in [0.3, 0.4) is 0 Å². The number of likely N-dealkylation sites (N-methyl/N-ethyl adjacent to an activating group) is 1. The van der Waals surface area contributed by atoms with Crippen molar-refractivity contribution in [2.45, 2.75) is 0 Å². The van der Waals surface area contributed by atoms with Crippen LogP contribution in [0.1, 0.15) is 10.4 Å². The molecule has 0 bridgehead atoms. The largest absolute Gasteiger partial charge is 0.486 e. The molecule has 0 atom stereocenters. The van der Waals surface area contributed by atoms with Gasteiger partial charge >= 0.3 is 0 Å². The van der Waals surface area contributed by atoms with E-state index in [1.807, 2.05) is 19.0 Å². The number of aromatic nitrogens is 1. The zero-order valence-corrected chi connectivity index (χ0v) is 16.8. The predicted molar refractivity (Wildman–Crippen MR) is 107 cm³/mol. The first kappa shape index (κ1) is 19.5. The maximum atomic E-state index is 14.1. The van der Waals surface area contributed by atoms with E-state index in [1.54, 1.807) is 18.2 Å². The Bertz CT molecular complexity index is 1070. The van der Waals surface area contributed by atoms with Gasteiger partial charge < -0.3 is 14.4 Å². The van der Waals surface area contributed by atoms with E-state index in [2.05, 4.69) is 4.98 Å². The lowest BCUT2D eigenvalue weighted by Crippen LogP contribution is -2.36. The highest BCUT2D eigenvalue weighted by molar-refractivity contribution is 7.22. The Labute approximate surface area is 170 Å². The number of benzene rings is 2. The van der Waals surface area contributed by atoms with Crippen molar-refractivity contribution >= 4 is 32.6 Å². The van der Waals surface area contributed by atoms with Crippen LogP contribution in [-0.2, 0) is 0 Å². The van der Waals surface area contributed by atoms with Crippen molar-refractivity contribution in [3.63, 3.8) is 0 Å². The van der Waals surface area contributed by atoms with E-state index < -0.39 is 11.6 Å². The van der Waals surface area contributed by atoms with Crippen molar-refractivity contribution in [2.24, 2.45) is 0 Å². The second-order valence-electron chi connectivity index (χ2n) is 6.85.